The van der Waals surface area contributed by atoms with E-state index in [9.17, 15) is 8.42 Å². The van der Waals surface area contributed by atoms with Gasteiger partial charge in [-0.3, -0.25) is 4.90 Å². The normalized spacial score (nSPS) is 18.5. The van der Waals surface area contributed by atoms with Crippen LogP contribution in [0, 0.1) is 6.92 Å². The van der Waals surface area contributed by atoms with Crippen molar-refractivity contribution in [2.75, 3.05) is 31.7 Å². The van der Waals surface area contributed by atoms with E-state index in [-0.39, 0.29) is 0 Å². The molecule has 0 saturated carbocycles. The van der Waals surface area contributed by atoms with Crippen molar-refractivity contribution in [3.63, 3.8) is 0 Å². The van der Waals surface area contributed by atoms with Gasteiger partial charge in [-0.1, -0.05) is 19.9 Å². The van der Waals surface area contributed by atoms with Gasteiger partial charge in [0, 0.05) is 12.6 Å². The predicted octanol–water partition coefficient (Wildman–Crippen LogP) is 3.01. The molecule has 0 radical (unpaired) electrons. The number of hydrogen-bond donors (Lipinski definition) is 0. The maximum Gasteiger partial charge on any atom is 0.150 e. The lowest BCUT2D eigenvalue weighted by molar-refractivity contribution is 0.182. The van der Waals surface area contributed by atoms with Crippen LogP contribution in [0.15, 0.2) is 18.2 Å². The number of nitrogens with zero attached hydrogens (tertiary/aromatic N) is 1. The SMILES string of the molecule is Cc1cc(OCCN(C)C2CCS(=O)(=O)CC2)ccc1C(C)C. The predicted molar refractivity (Wildman–Crippen MR) is 95.1 cm³/mol. The van der Waals surface area contributed by atoms with Gasteiger partial charge in [-0.2, -0.15) is 0 Å². The summed E-state index contributed by atoms with van der Waals surface area (Å²) in [5, 5.41) is 0. The minimum absolute atomic E-state index is 0.318. The van der Waals surface area contributed by atoms with Crippen LogP contribution in [0.2, 0.25) is 0 Å². The maximum absolute atomic E-state index is 11.5. The lowest BCUT2D eigenvalue weighted by atomic mass is 9.98. The number of sulfone groups is 1. The zero-order valence-corrected chi connectivity index (χ0v) is 15.5. The van der Waals surface area contributed by atoms with E-state index in [2.05, 4.69) is 44.9 Å². The van der Waals surface area contributed by atoms with E-state index >= 15 is 0 Å². The summed E-state index contributed by atoms with van der Waals surface area (Å²) in [6.45, 7) is 7.96. The van der Waals surface area contributed by atoms with Crippen LogP contribution in [0.4, 0.5) is 0 Å². The largest absolute Gasteiger partial charge is 0.492 e. The topological polar surface area (TPSA) is 46.6 Å². The smallest absolute Gasteiger partial charge is 0.150 e. The molecule has 0 spiro atoms. The van der Waals surface area contributed by atoms with Gasteiger partial charge in [0.2, 0.25) is 0 Å². The van der Waals surface area contributed by atoms with Gasteiger partial charge in [-0.05, 0) is 56.0 Å². The van der Waals surface area contributed by atoms with Gasteiger partial charge < -0.3 is 4.74 Å². The molecule has 0 aliphatic carbocycles. The van der Waals surface area contributed by atoms with Crippen molar-refractivity contribution in [3.05, 3.63) is 29.3 Å². The Bertz CT molecular complexity index is 611. The summed E-state index contributed by atoms with van der Waals surface area (Å²) in [5.41, 5.74) is 2.63. The van der Waals surface area contributed by atoms with Crippen LogP contribution in [-0.4, -0.2) is 51.1 Å². The van der Waals surface area contributed by atoms with E-state index in [0.29, 0.717) is 30.1 Å². The first-order chi connectivity index (χ1) is 10.8. The van der Waals surface area contributed by atoms with Gasteiger partial charge in [0.1, 0.15) is 22.2 Å². The number of rotatable bonds is 6. The first kappa shape index (κ1) is 18.3. The molecule has 1 aromatic carbocycles. The second-order valence-corrected chi connectivity index (χ2v) is 9.19. The molecule has 23 heavy (non-hydrogen) atoms. The van der Waals surface area contributed by atoms with Crippen LogP contribution in [0.5, 0.6) is 5.75 Å². The van der Waals surface area contributed by atoms with Crippen molar-refractivity contribution in [1.82, 2.24) is 4.90 Å². The highest BCUT2D eigenvalue weighted by Crippen LogP contribution is 2.23. The summed E-state index contributed by atoms with van der Waals surface area (Å²) < 4.78 is 28.8. The first-order valence-electron chi connectivity index (χ1n) is 8.42. The summed E-state index contributed by atoms with van der Waals surface area (Å²) in [5.74, 6) is 2.07. The van der Waals surface area contributed by atoms with E-state index in [1.54, 1.807) is 0 Å². The molecule has 0 atom stereocenters. The molecule has 1 fully saturated rings. The number of likely N-dealkylation sites (N-methyl/N-ethyl adjacent to an activating group) is 1. The van der Waals surface area contributed by atoms with Crippen molar-refractivity contribution in [2.45, 2.75) is 45.6 Å². The fourth-order valence-electron chi connectivity index (χ4n) is 3.19. The Morgan fingerprint density at radius 1 is 1.26 bits per heavy atom. The fourth-order valence-corrected chi connectivity index (χ4v) is 4.66. The molecule has 5 heteroatoms. The van der Waals surface area contributed by atoms with Crippen LogP contribution in [0.25, 0.3) is 0 Å². The second kappa shape index (κ2) is 7.67. The molecular formula is C18H29NO3S. The molecule has 1 aliphatic rings. The summed E-state index contributed by atoms with van der Waals surface area (Å²) in [6, 6.07) is 6.63. The van der Waals surface area contributed by atoms with Crippen LogP contribution in [0.3, 0.4) is 0 Å². The molecule has 1 aliphatic heterocycles. The quantitative estimate of drug-likeness (QED) is 0.799. The Morgan fingerprint density at radius 3 is 2.48 bits per heavy atom. The van der Waals surface area contributed by atoms with Crippen LogP contribution in [0.1, 0.15) is 43.7 Å². The van der Waals surface area contributed by atoms with Gasteiger partial charge in [-0.25, -0.2) is 8.42 Å². The van der Waals surface area contributed by atoms with E-state index in [1.807, 2.05) is 6.07 Å². The lowest BCUT2D eigenvalue weighted by Gasteiger charge is -2.30. The van der Waals surface area contributed by atoms with Crippen LogP contribution >= 0.6 is 0 Å². The van der Waals surface area contributed by atoms with Crippen LogP contribution < -0.4 is 4.74 Å². The van der Waals surface area contributed by atoms with E-state index in [4.69, 9.17) is 4.74 Å². The second-order valence-electron chi connectivity index (χ2n) is 6.89. The number of aryl methyl sites for hydroxylation is 1. The van der Waals surface area contributed by atoms with E-state index < -0.39 is 9.84 Å². The molecular weight excluding hydrogens is 310 g/mol. The molecule has 4 nitrogen and oxygen atoms in total. The Labute approximate surface area is 140 Å². The molecule has 0 aromatic heterocycles. The maximum atomic E-state index is 11.5. The zero-order chi connectivity index (χ0) is 17.0. The Hall–Kier alpha value is -1.07. The van der Waals surface area contributed by atoms with Crippen molar-refractivity contribution in [3.8, 4) is 5.75 Å². The third-order valence-electron chi connectivity index (χ3n) is 4.72. The third kappa shape index (κ3) is 5.21. The minimum atomic E-state index is -2.79. The Balaban J connectivity index is 1.80. The third-order valence-corrected chi connectivity index (χ3v) is 6.44. The molecule has 1 aromatic rings. The van der Waals surface area contributed by atoms with Crippen molar-refractivity contribution in [2.24, 2.45) is 0 Å². The fraction of sp³-hybridized carbons (Fsp3) is 0.667. The van der Waals surface area contributed by atoms with E-state index in [1.165, 1.54) is 11.1 Å². The molecule has 2 rings (SSSR count). The molecule has 0 unspecified atom stereocenters. The van der Waals surface area contributed by atoms with Gasteiger partial charge in [0.25, 0.3) is 0 Å². The number of hydrogen-bond acceptors (Lipinski definition) is 4. The highest BCUT2D eigenvalue weighted by molar-refractivity contribution is 7.91. The summed E-state index contributed by atoms with van der Waals surface area (Å²) in [4.78, 5) is 2.23. The average Bonchev–Trinajstić information content (AvgIpc) is 2.46. The zero-order valence-electron chi connectivity index (χ0n) is 14.7. The van der Waals surface area contributed by atoms with Crippen molar-refractivity contribution >= 4 is 9.84 Å². The molecule has 0 bridgehead atoms. The van der Waals surface area contributed by atoms with Gasteiger partial charge >= 0.3 is 0 Å². The van der Waals surface area contributed by atoms with Gasteiger partial charge in [-0.15, -0.1) is 0 Å². The van der Waals surface area contributed by atoms with E-state index in [0.717, 1.165) is 25.1 Å². The minimum Gasteiger partial charge on any atom is -0.492 e. The van der Waals surface area contributed by atoms with Crippen molar-refractivity contribution in [1.29, 1.82) is 0 Å². The first-order valence-corrected chi connectivity index (χ1v) is 10.2. The molecule has 1 heterocycles. The standard InChI is InChI=1S/C18H29NO3S/c1-14(2)18-6-5-17(13-15(18)3)22-10-9-19(4)16-7-11-23(20,21)12-8-16/h5-6,13-14,16H,7-12H2,1-4H3. The summed E-state index contributed by atoms with van der Waals surface area (Å²) in [6.07, 6.45) is 1.47. The van der Waals surface area contributed by atoms with Crippen molar-refractivity contribution < 1.29 is 13.2 Å². The number of ether oxygens (including phenoxy) is 1. The average molecular weight is 340 g/mol. The molecule has 0 N–H and O–H groups in total. The molecule has 130 valence electrons. The summed E-state index contributed by atoms with van der Waals surface area (Å²) >= 11 is 0. The lowest BCUT2D eigenvalue weighted by Crippen LogP contribution is -2.40. The molecule has 1 saturated heterocycles. The Kier molecular flexibility index (Phi) is 6.09. The summed E-state index contributed by atoms with van der Waals surface area (Å²) in [7, 11) is -0.732. The highest BCUT2D eigenvalue weighted by Gasteiger charge is 2.25. The number of benzene rings is 1. The van der Waals surface area contributed by atoms with Gasteiger partial charge in [0.05, 0.1) is 11.5 Å². The molecule has 0 amide bonds. The van der Waals surface area contributed by atoms with Gasteiger partial charge in [0.15, 0.2) is 0 Å². The van der Waals surface area contributed by atoms with Crippen LogP contribution in [-0.2, 0) is 9.84 Å². The Morgan fingerprint density at radius 2 is 1.91 bits per heavy atom. The highest BCUT2D eigenvalue weighted by atomic mass is 32.2. The monoisotopic (exact) mass is 339 g/mol.